The maximum atomic E-state index is 12.6. The fraction of sp³-hybridized carbons (Fsp3) is 0.312. The summed E-state index contributed by atoms with van der Waals surface area (Å²) in [4.78, 5) is 28.2. The maximum absolute atomic E-state index is 12.6. The van der Waals surface area contributed by atoms with Gasteiger partial charge in [-0.1, -0.05) is 28.4 Å². The van der Waals surface area contributed by atoms with Crippen LogP contribution in [0.15, 0.2) is 28.8 Å². The zero-order valence-electron chi connectivity index (χ0n) is 13.0. The van der Waals surface area contributed by atoms with Gasteiger partial charge in [-0.25, -0.2) is 0 Å². The van der Waals surface area contributed by atoms with Crippen LogP contribution < -0.4 is 0 Å². The number of rotatable bonds is 2. The molecular weight excluding hydrogens is 353 g/mol. The normalized spacial score (nSPS) is 14.8. The first-order chi connectivity index (χ1) is 11.5. The summed E-state index contributed by atoms with van der Waals surface area (Å²) < 4.78 is 4.93. The molecule has 0 atom stereocenters. The molecule has 1 aromatic heterocycles. The lowest BCUT2D eigenvalue weighted by Crippen LogP contribution is -2.50. The molecule has 0 spiro atoms. The van der Waals surface area contributed by atoms with Gasteiger partial charge >= 0.3 is 0 Å². The average molecular weight is 368 g/mol. The second-order valence-electron chi connectivity index (χ2n) is 5.53. The van der Waals surface area contributed by atoms with Crippen LogP contribution in [0, 0.1) is 6.92 Å². The highest BCUT2D eigenvalue weighted by Crippen LogP contribution is 2.23. The molecule has 3 rings (SSSR count). The Morgan fingerprint density at radius 3 is 2.25 bits per heavy atom. The number of hydrogen-bond donors (Lipinski definition) is 0. The Morgan fingerprint density at radius 2 is 1.67 bits per heavy atom. The SMILES string of the molecule is Cc1cc(C(=O)N2CCN(C(=O)c3cc(Cl)ccc3Cl)CC2)no1. The predicted octanol–water partition coefficient (Wildman–Crippen LogP) is 2.89. The zero-order valence-corrected chi connectivity index (χ0v) is 14.5. The molecule has 0 saturated carbocycles. The minimum absolute atomic E-state index is 0.188. The molecule has 6 nitrogen and oxygen atoms in total. The molecule has 1 aliphatic heterocycles. The molecule has 24 heavy (non-hydrogen) atoms. The third kappa shape index (κ3) is 3.39. The molecule has 0 N–H and O–H groups in total. The van der Waals surface area contributed by atoms with Crippen LogP contribution in [0.4, 0.5) is 0 Å². The van der Waals surface area contributed by atoms with Gasteiger partial charge < -0.3 is 14.3 Å². The fourth-order valence-corrected chi connectivity index (χ4v) is 2.94. The van der Waals surface area contributed by atoms with Crippen LogP contribution in [0.5, 0.6) is 0 Å². The lowest BCUT2D eigenvalue weighted by Gasteiger charge is -2.34. The van der Waals surface area contributed by atoms with E-state index in [0.29, 0.717) is 47.5 Å². The van der Waals surface area contributed by atoms with E-state index in [1.807, 2.05) is 0 Å². The van der Waals surface area contributed by atoms with Gasteiger partial charge in [0, 0.05) is 37.3 Å². The van der Waals surface area contributed by atoms with E-state index in [4.69, 9.17) is 27.7 Å². The number of piperazine rings is 1. The molecule has 0 unspecified atom stereocenters. The molecule has 1 fully saturated rings. The molecule has 2 heterocycles. The molecule has 0 aliphatic carbocycles. The minimum atomic E-state index is -0.195. The molecule has 2 aromatic rings. The van der Waals surface area contributed by atoms with Gasteiger partial charge in [-0.3, -0.25) is 9.59 Å². The number of aromatic nitrogens is 1. The first-order valence-corrected chi connectivity index (χ1v) is 8.18. The van der Waals surface area contributed by atoms with Crippen molar-refractivity contribution in [1.82, 2.24) is 15.0 Å². The largest absolute Gasteiger partial charge is 0.361 e. The van der Waals surface area contributed by atoms with Gasteiger partial charge in [-0.05, 0) is 25.1 Å². The van der Waals surface area contributed by atoms with Crippen LogP contribution >= 0.6 is 23.2 Å². The Balaban J connectivity index is 1.65. The van der Waals surface area contributed by atoms with Gasteiger partial charge in [0.05, 0.1) is 10.6 Å². The third-order valence-corrected chi connectivity index (χ3v) is 4.42. The van der Waals surface area contributed by atoms with Crippen molar-refractivity contribution in [2.45, 2.75) is 6.92 Å². The Bertz CT molecular complexity index is 783. The smallest absolute Gasteiger partial charge is 0.276 e. The summed E-state index contributed by atoms with van der Waals surface area (Å²) in [5.41, 5.74) is 0.654. The van der Waals surface area contributed by atoms with E-state index in [9.17, 15) is 9.59 Å². The molecule has 0 radical (unpaired) electrons. The van der Waals surface area contributed by atoms with Crippen LogP contribution in [0.2, 0.25) is 10.0 Å². The van der Waals surface area contributed by atoms with Crippen molar-refractivity contribution in [3.8, 4) is 0 Å². The van der Waals surface area contributed by atoms with Crippen molar-refractivity contribution in [3.63, 3.8) is 0 Å². The monoisotopic (exact) mass is 367 g/mol. The standard InChI is InChI=1S/C16H15Cl2N3O3/c1-10-8-14(19-24-10)16(23)21-6-4-20(5-7-21)15(22)12-9-11(17)2-3-13(12)18/h2-3,8-9H,4-7H2,1H3. The maximum Gasteiger partial charge on any atom is 0.276 e. The summed E-state index contributed by atoms with van der Waals surface area (Å²) in [5.74, 6) is 0.203. The fourth-order valence-electron chi connectivity index (χ4n) is 2.57. The van der Waals surface area contributed by atoms with Crippen LogP contribution in [0.25, 0.3) is 0 Å². The quantitative estimate of drug-likeness (QED) is 0.818. The van der Waals surface area contributed by atoms with E-state index in [1.54, 1.807) is 41.0 Å². The lowest BCUT2D eigenvalue weighted by atomic mass is 10.1. The van der Waals surface area contributed by atoms with Gasteiger partial charge in [-0.15, -0.1) is 0 Å². The van der Waals surface area contributed by atoms with Crippen molar-refractivity contribution in [2.24, 2.45) is 0 Å². The molecule has 2 amide bonds. The van der Waals surface area contributed by atoms with E-state index in [0.717, 1.165) is 0 Å². The number of carbonyl (C=O) groups excluding carboxylic acids is 2. The molecule has 126 valence electrons. The van der Waals surface area contributed by atoms with Crippen molar-refractivity contribution in [1.29, 1.82) is 0 Å². The summed E-state index contributed by atoms with van der Waals surface area (Å²) in [5, 5.41) is 4.55. The summed E-state index contributed by atoms with van der Waals surface area (Å²) in [6.45, 7) is 3.42. The highest BCUT2D eigenvalue weighted by Gasteiger charge is 2.27. The molecule has 8 heteroatoms. The average Bonchev–Trinajstić information content (AvgIpc) is 3.02. The molecule has 1 aromatic carbocycles. The van der Waals surface area contributed by atoms with Gasteiger partial charge in [0.1, 0.15) is 5.76 Å². The highest BCUT2D eigenvalue weighted by molar-refractivity contribution is 6.35. The Labute approximate surface area is 148 Å². The van der Waals surface area contributed by atoms with Crippen LogP contribution in [0.1, 0.15) is 26.6 Å². The third-order valence-electron chi connectivity index (χ3n) is 3.86. The molecule has 0 bridgehead atoms. The molecule has 1 aliphatic rings. The van der Waals surface area contributed by atoms with Gasteiger partial charge in [-0.2, -0.15) is 0 Å². The Hall–Kier alpha value is -2.05. The summed E-state index contributed by atoms with van der Waals surface area (Å²) in [7, 11) is 0. The molecular formula is C16H15Cl2N3O3. The summed E-state index contributed by atoms with van der Waals surface area (Å²) in [6, 6.07) is 6.40. The number of hydrogen-bond acceptors (Lipinski definition) is 4. The number of amides is 2. The molecule has 1 saturated heterocycles. The van der Waals surface area contributed by atoms with E-state index >= 15 is 0 Å². The van der Waals surface area contributed by atoms with E-state index in [2.05, 4.69) is 5.16 Å². The van der Waals surface area contributed by atoms with E-state index in [1.165, 1.54) is 0 Å². The highest BCUT2D eigenvalue weighted by atomic mass is 35.5. The second-order valence-corrected chi connectivity index (χ2v) is 6.38. The summed E-state index contributed by atoms with van der Waals surface area (Å²) in [6.07, 6.45) is 0. The minimum Gasteiger partial charge on any atom is -0.361 e. The zero-order chi connectivity index (χ0) is 17.3. The van der Waals surface area contributed by atoms with Crippen molar-refractivity contribution >= 4 is 35.0 Å². The van der Waals surface area contributed by atoms with Gasteiger partial charge in [0.15, 0.2) is 5.69 Å². The van der Waals surface area contributed by atoms with Crippen LogP contribution in [-0.4, -0.2) is 52.9 Å². The van der Waals surface area contributed by atoms with E-state index < -0.39 is 0 Å². The predicted molar refractivity (Wildman–Crippen MR) is 89.5 cm³/mol. The van der Waals surface area contributed by atoms with Crippen LogP contribution in [-0.2, 0) is 0 Å². The second kappa shape index (κ2) is 6.83. The summed E-state index contributed by atoms with van der Waals surface area (Å²) >= 11 is 12.0. The van der Waals surface area contributed by atoms with Crippen molar-refractivity contribution in [2.75, 3.05) is 26.2 Å². The van der Waals surface area contributed by atoms with Gasteiger partial charge in [0.2, 0.25) is 0 Å². The Kier molecular flexibility index (Phi) is 4.78. The number of halogens is 2. The number of nitrogens with zero attached hydrogens (tertiary/aromatic N) is 3. The van der Waals surface area contributed by atoms with Gasteiger partial charge in [0.25, 0.3) is 11.8 Å². The Morgan fingerprint density at radius 1 is 1.04 bits per heavy atom. The van der Waals surface area contributed by atoms with Crippen molar-refractivity contribution in [3.05, 3.63) is 51.3 Å². The first kappa shape index (κ1) is 16.8. The van der Waals surface area contributed by atoms with Crippen molar-refractivity contribution < 1.29 is 14.1 Å². The number of benzene rings is 1. The van der Waals surface area contributed by atoms with Crippen LogP contribution in [0.3, 0.4) is 0 Å². The lowest BCUT2D eigenvalue weighted by molar-refractivity contribution is 0.0530. The number of aryl methyl sites for hydroxylation is 1. The first-order valence-electron chi connectivity index (χ1n) is 7.42. The topological polar surface area (TPSA) is 66.7 Å². The van der Waals surface area contributed by atoms with E-state index in [-0.39, 0.29) is 17.5 Å². The number of carbonyl (C=O) groups is 2.